The molecule has 0 aliphatic rings. The molecule has 0 aliphatic carbocycles. The number of nitrogens with zero attached hydrogens (tertiary/aromatic N) is 2. The van der Waals surface area contributed by atoms with Gasteiger partial charge in [-0.25, -0.2) is 14.2 Å². The Balaban J connectivity index is 1.66. The summed E-state index contributed by atoms with van der Waals surface area (Å²) in [5, 5.41) is 2.54. The third kappa shape index (κ3) is 4.92. The molecule has 146 valence electrons. The van der Waals surface area contributed by atoms with E-state index < -0.39 is 11.9 Å². The van der Waals surface area contributed by atoms with E-state index in [9.17, 15) is 14.0 Å². The van der Waals surface area contributed by atoms with E-state index in [0.717, 1.165) is 13.0 Å². The SMILES string of the molecule is CN(C)CCCOC(=O)Nc1nc2cc(C(=O)c3ccc(F)cc3)ccc2[nH]1. The summed E-state index contributed by atoms with van der Waals surface area (Å²) in [5.41, 5.74) is 1.99. The van der Waals surface area contributed by atoms with Crippen molar-refractivity contribution in [2.75, 3.05) is 32.6 Å². The molecule has 3 rings (SSSR count). The van der Waals surface area contributed by atoms with Crippen molar-refractivity contribution in [1.29, 1.82) is 0 Å². The third-order valence-corrected chi connectivity index (χ3v) is 4.05. The molecule has 3 aromatic rings. The van der Waals surface area contributed by atoms with Gasteiger partial charge in [-0.1, -0.05) is 0 Å². The fourth-order valence-electron chi connectivity index (χ4n) is 2.65. The minimum Gasteiger partial charge on any atom is -0.449 e. The van der Waals surface area contributed by atoms with E-state index in [1.165, 1.54) is 24.3 Å². The minimum atomic E-state index is -0.597. The molecule has 0 radical (unpaired) electrons. The average Bonchev–Trinajstić information content (AvgIpc) is 3.06. The van der Waals surface area contributed by atoms with Crippen molar-refractivity contribution in [2.45, 2.75) is 6.42 Å². The van der Waals surface area contributed by atoms with Crippen molar-refractivity contribution in [3.63, 3.8) is 0 Å². The Morgan fingerprint density at radius 2 is 1.86 bits per heavy atom. The lowest BCUT2D eigenvalue weighted by Crippen LogP contribution is -2.19. The van der Waals surface area contributed by atoms with E-state index in [1.807, 2.05) is 19.0 Å². The van der Waals surface area contributed by atoms with Crippen LogP contribution in [0.5, 0.6) is 0 Å². The Hall–Kier alpha value is -3.26. The number of amides is 1. The van der Waals surface area contributed by atoms with Gasteiger partial charge in [0.15, 0.2) is 5.78 Å². The molecule has 0 fully saturated rings. The van der Waals surface area contributed by atoms with Crippen LogP contribution in [0, 0.1) is 5.82 Å². The molecule has 0 unspecified atom stereocenters. The maximum absolute atomic E-state index is 13.0. The van der Waals surface area contributed by atoms with Gasteiger partial charge >= 0.3 is 6.09 Å². The van der Waals surface area contributed by atoms with Crippen LogP contribution in [0.25, 0.3) is 11.0 Å². The summed E-state index contributed by atoms with van der Waals surface area (Å²) in [6.45, 7) is 1.13. The zero-order valence-electron chi connectivity index (χ0n) is 15.7. The van der Waals surface area contributed by atoms with Gasteiger partial charge in [-0.3, -0.25) is 10.1 Å². The van der Waals surface area contributed by atoms with Crippen LogP contribution in [0.2, 0.25) is 0 Å². The first-order chi connectivity index (χ1) is 13.4. The molecule has 1 aromatic heterocycles. The summed E-state index contributed by atoms with van der Waals surface area (Å²) in [6, 6.07) is 10.3. The van der Waals surface area contributed by atoms with Crippen LogP contribution < -0.4 is 5.32 Å². The number of benzene rings is 2. The fourth-order valence-corrected chi connectivity index (χ4v) is 2.65. The zero-order chi connectivity index (χ0) is 20.1. The topological polar surface area (TPSA) is 87.3 Å². The van der Waals surface area contributed by atoms with Crippen molar-refractivity contribution in [2.24, 2.45) is 0 Å². The number of hydrogen-bond donors (Lipinski definition) is 2. The maximum atomic E-state index is 13.0. The van der Waals surface area contributed by atoms with Crippen LogP contribution >= 0.6 is 0 Å². The number of aromatic amines is 1. The first kappa shape index (κ1) is 19.5. The second-order valence-electron chi connectivity index (χ2n) is 6.57. The Morgan fingerprint density at radius 1 is 1.14 bits per heavy atom. The fraction of sp³-hybridized carbons (Fsp3) is 0.250. The summed E-state index contributed by atoms with van der Waals surface area (Å²) in [7, 11) is 3.90. The van der Waals surface area contributed by atoms with Crippen LogP contribution in [0.3, 0.4) is 0 Å². The van der Waals surface area contributed by atoms with E-state index >= 15 is 0 Å². The van der Waals surface area contributed by atoms with Gasteiger partial charge in [-0.05, 0) is 63.0 Å². The number of rotatable bonds is 7. The quantitative estimate of drug-likeness (QED) is 0.481. The van der Waals surface area contributed by atoms with E-state index in [0.29, 0.717) is 28.8 Å². The lowest BCUT2D eigenvalue weighted by molar-refractivity contribution is 0.103. The van der Waals surface area contributed by atoms with Gasteiger partial charge < -0.3 is 14.6 Å². The molecule has 0 saturated heterocycles. The third-order valence-electron chi connectivity index (χ3n) is 4.05. The van der Waals surface area contributed by atoms with E-state index in [-0.39, 0.29) is 11.7 Å². The summed E-state index contributed by atoms with van der Waals surface area (Å²) < 4.78 is 18.1. The van der Waals surface area contributed by atoms with Gasteiger partial charge in [-0.2, -0.15) is 0 Å². The Kier molecular flexibility index (Phi) is 6.00. The summed E-state index contributed by atoms with van der Waals surface area (Å²) >= 11 is 0. The lowest BCUT2D eigenvalue weighted by atomic mass is 10.0. The van der Waals surface area contributed by atoms with Crippen LogP contribution in [0.1, 0.15) is 22.3 Å². The molecule has 0 aliphatic heterocycles. The Labute approximate surface area is 161 Å². The molecular weight excluding hydrogens is 363 g/mol. The molecule has 28 heavy (non-hydrogen) atoms. The largest absolute Gasteiger partial charge is 0.449 e. The Morgan fingerprint density at radius 3 is 2.57 bits per heavy atom. The molecule has 1 heterocycles. The second-order valence-corrected chi connectivity index (χ2v) is 6.57. The molecule has 7 nitrogen and oxygen atoms in total. The number of nitrogens with one attached hydrogen (secondary N) is 2. The monoisotopic (exact) mass is 384 g/mol. The lowest BCUT2D eigenvalue weighted by Gasteiger charge is -2.09. The minimum absolute atomic E-state index is 0.235. The number of carbonyl (C=O) groups excluding carboxylic acids is 2. The first-order valence-electron chi connectivity index (χ1n) is 8.81. The van der Waals surface area contributed by atoms with Crippen molar-refractivity contribution in [1.82, 2.24) is 14.9 Å². The number of anilines is 1. The molecule has 2 N–H and O–H groups in total. The van der Waals surface area contributed by atoms with E-state index in [1.54, 1.807) is 18.2 Å². The highest BCUT2D eigenvalue weighted by Gasteiger charge is 2.13. The van der Waals surface area contributed by atoms with E-state index in [4.69, 9.17) is 4.74 Å². The molecule has 2 aromatic carbocycles. The van der Waals surface area contributed by atoms with Crippen molar-refractivity contribution < 1.29 is 18.7 Å². The number of ketones is 1. The average molecular weight is 384 g/mol. The number of H-pyrrole nitrogens is 1. The van der Waals surface area contributed by atoms with Crippen molar-refractivity contribution in [3.05, 3.63) is 59.4 Å². The maximum Gasteiger partial charge on any atom is 0.413 e. The van der Waals surface area contributed by atoms with Crippen molar-refractivity contribution in [3.8, 4) is 0 Å². The zero-order valence-corrected chi connectivity index (χ0v) is 15.7. The summed E-state index contributed by atoms with van der Waals surface area (Å²) in [5.74, 6) is -0.401. The first-order valence-corrected chi connectivity index (χ1v) is 8.81. The molecule has 0 spiro atoms. The van der Waals surface area contributed by atoms with Crippen LogP contribution in [0.15, 0.2) is 42.5 Å². The number of imidazole rings is 1. The number of fused-ring (bicyclic) bond motifs is 1. The van der Waals surface area contributed by atoms with Gasteiger partial charge in [0.25, 0.3) is 0 Å². The molecule has 0 saturated carbocycles. The van der Waals surface area contributed by atoms with Gasteiger partial charge in [-0.15, -0.1) is 0 Å². The summed E-state index contributed by atoms with van der Waals surface area (Å²) in [6.07, 6.45) is 0.135. The molecule has 0 atom stereocenters. The molecular formula is C20H21FN4O3. The number of hydrogen-bond acceptors (Lipinski definition) is 5. The van der Waals surface area contributed by atoms with Crippen LogP contribution in [-0.2, 0) is 4.74 Å². The second kappa shape index (κ2) is 8.62. The van der Waals surface area contributed by atoms with Gasteiger partial charge in [0, 0.05) is 17.7 Å². The number of carbonyl (C=O) groups is 2. The molecule has 8 heteroatoms. The summed E-state index contributed by atoms with van der Waals surface area (Å²) in [4.78, 5) is 33.6. The number of aromatic nitrogens is 2. The highest BCUT2D eigenvalue weighted by Crippen LogP contribution is 2.19. The highest BCUT2D eigenvalue weighted by atomic mass is 19.1. The smallest absolute Gasteiger partial charge is 0.413 e. The van der Waals surface area contributed by atoms with Gasteiger partial charge in [0.2, 0.25) is 5.95 Å². The highest BCUT2D eigenvalue weighted by molar-refractivity contribution is 6.10. The molecule has 1 amide bonds. The normalized spacial score (nSPS) is 11.0. The standard InChI is InChI=1S/C20H21FN4O3/c1-25(2)10-3-11-28-20(27)24-19-22-16-9-6-14(12-17(16)23-19)18(26)13-4-7-15(21)8-5-13/h4-9,12H,3,10-11H2,1-2H3,(H2,22,23,24,27). The predicted molar refractivity (Wildman–Crippen MR) is 104 cm³/mol. The van der Waals surface area contributed by atoms with Crippen molar-refractivity contribution >= 4 is 28.9 Å². The van der Waals surface area contributed by atoms with Crippen LogP contribution in [0.4, 0.5) is 15.1 Å². The number of halogens is 1. The number of ether oxygens (including phenoxy) is 1. The van der Waals surface area contributed by atoms with Crippen LogP contribution in [-0.4, -0.2) is 54.0 Å². The van der Waals surface area contributed by atoms with E-state index in [2.05, 4.69) is 15.3 Å². The van der Waals surface area contributed by atoms with Gasteiger partial charge in [0.05, 0.1) is 17.6 Å². The van der Waals surface area contributed by atoms with Gasteiger partial charge in [0.1, 0.15) is 5.82 Å². The predicted octanol–water partition coefficient (Wildman–Crippen LogP) is 3.43. The Bertz CT molecular complexity index is 983. The molecule has 0 bridgehead atoms.